The van der Waals surface area contributed by atoms with E-state index in [0.717, 1.165) is 19.1 Å². The Labute approximate surface area is 94.2 Å². The fourth-order valence-electron chi connectivity index (χ4n) is 1.07. The van der Waals surface area contributed by atoms with Crippen LogP contribution < -0.4 is 4.74 Å². The van der Waals surface area contributed by atoms with Gasteiger partial charge in [-0.15, -0.1) is 0 Å². The molecule has 0 aliphatic heterocycles. The molecule has 0 heterocycles. The summed E-state index contributed by atoms with van der Waals surface area (Å²) >= 11 is 0. The van der Waals surface area contributed by atoms with Crippen molar-refractivity contribution in [2.45, 2.75) is 18.4 Å². The molecule has 0 bridgehead atoms. The lowest BCUT2D eigenvalue weighted by Gasteiger charge is -2.11. The summed E-state index contributed by atoms with van der Waals surface area (Å²) < 4.78 is 63.1. The SMILES string of the molecule is Cc1c(F)ccc(S(=O)(=O)Cl)c1OC(F)F. The van der Waals surface area contributed by atoms with Crippen LogP contribution in [0.25, 0.3) is 0 Å². The van der Waals surface area contributed by atoms with Crippen molar-refractivity contribution in [1.29, 1.82) is 0 Å². The molecule has 0 saturated carbocycles. The number of hydrogen-bond acceptors (Lipinski definition) is 3. The average molecular weight is 275 g/mol. The van der Waals surface area contributed by atoms with Gasteiger partial charge in [-0.3, -0.25) is 0 Å². The number of halogens is 4. The maximum Gasteiger partial charge on any atom is 0.387 e. The highest BCUT2D eigenvalue weighted by Crippen LogP contribution is 2.32. The maximum absolute atomic E-state index is 13.0. The lowest BCUT2D eigenvalue weighted by Crippen LogP contribution is -2.08. The van der Waals surface area contributed by atoms with Crippen LogP contribution >= 0.6 is 10.7 Å². The molecule has 1 aromatic carbocycles. The molecule has 0 saturated heterocycles. The summed E-state index contributed by atoms with van der Waals surface area (Å²) in [7, 11) is 0.725. The molecule has 0 aliphatic rings. The van der Waals surface area contributed by atoms with Crippen molar-refractivity contribution in [3.63, 3.8) is 0 Å². The van der Waals surface area contributed by atoms with Gasteiger partial charge in [-0.1, -0.05) is 0 Å². The number of alkyl halides is 2. The molecular weight excluding hydrogens is 269 g/mol. The Kier molecular flexibility index (Phi) is 3.69. The summed E-state index contributed by atoms with van der Waals surface area (Å²) in [4.78, 5) is -0.687. The summed E-state index contributed by atoms with van der Waals surface area (Å²) in [5, 5.41) is 0. The first-order valence-electron chi connectivity index (χ1n) is 3.92. The first-order chi connectivity index (χ1) is 7.23. The van der Waals surface area contributed by atoms with E-state index < -0.39 is 32.1 Å². The summed E-state index contributed by atoms with van der Waals surface area (Å²) in [5.74, 6) is -1.63. The smallest absolute Gasteiger partial charge is 0.387 e. The number of rotatable bonds is 3. The fourth-order valence-corrected chi connectivity index (χ4v) is 2.09. The van der Waals surface area contributed by atoms with Gasteiger partial charge in [-0.2, -0.15) is 8.78 Å². The Morgan fingerprint density at radius 3 is 2.38 bits per heavy atom. The zero-order valence-electron chi connectivity index (χ0n) is 7.88. The van der Waals surface area contributed by atoms with Crippen LogP contribution in [0.5, 0.6) is 5.75 Å². The van der Waals surface area contributed by atoms with Crippen LogP contribution in [0.15, 0.2) is 17.0 Å². The van der Waals surface area contributed by atoms with Crippen LogP contribution in [-0.2, 0) is 9.05 Å². The second-order valence-corrected chi connectivity index (χ2v) is 5.35. The van der Waals surface area contributed by atoms with Crippen molar-refractivity contribution >= 4 is 19.7 Å². The van der Waals surface area contributed by atoms with E-state index >= 15 is 0 Å². The number of benzene rings is 1. The van der Waals surface area contributed by atoms with Gasteiger partial charge in [0.1, 0.15) is 10.7 Å². The minimum atomic E-state index is -4.27. The predicted molar refractivity (Wildman–Crippen MR) is 50.8 cm³/mol. The molecule has 0 unspecified atom stereocenters. The molecule has 1 rings (SSSR count). The van der Waals surface area contributed by atoms with Crippen LogP contribution in [0.1, 0.15) is 5.56 Å². The van der Waals surface area contributed by atoms with Crippen molar-refractivity contribution in [1.82, 2.24) is 0 Å². The van der Waals surface area contributed by atoms with Gasteiger partial charge in [-0.25, -0.2) is 12.8 Å². The zero-order chi connectivity index (χ0) is 12.5. The normalized spacial score (nSPS) is 11.9. The topological polar surface area (TPSA) is 43.4 Å². The minimum Gasteiger partial charge on any atom is -0.433 e. The second-order valence-electron chi connectivity index (χ2n) is 2.82. The van der Waals surface area contributed by atoms with Gasteiger partial charge in [0.25, 0.3) is 9.05 Å². The summed E-state index contributed by atoms with van der Waals surface area (Å²) in [6, 6.07) is 1.57. The van der Waals surface area contributed by atoms with Crippen molar-refractivity contribution in [2.24, 2.45) is 0 Å². The van der Waals surface area contributed by atoms with Crippen LogP contribution in [0.3, 0.4) is 0 Å². The Morgan fingerprint density at radius 1 is 1.38 bits per heavy atom. The molecule has 8 heteroatoms. The number of ether oxygens (including phenoxy) is 1. The van der Waals surface area contributed by atoms with Crippen LogP contribution in [0.4, 0.5) is 13.2 Å². The first kappa shape index (κ1) is 13.1. The van der Waals surface area contributed by atoms with Crippen LogP contribution in [0.2, 0.25) is 0 Å². The largest absolute Gasteiger partial charge is 0.433 e. The van der Waals surface area contributed by atoms with E-state index in [2.05, 4.69) is 4.74 Å². The van der Waals surface area contributed by atoms with E-state index in [-0.39, 0.29) is 5.56 Å². The third kappa shape index (κ3) is 2.79. The number of hydrogen-bond donors (Lipinski definition) is 0. The van der Waals surface area contributed by atoms with Crippen LogP contribution in [0, 0.1) is 12.7 Å². The quantitative estimate of drug-likeness (QED) is 0.796. The van der Waals surface area contributed by atoms with E-state index in [1.165, 1.54) is 0 Å². The van der Waals surface area contributed by atoms with E-state index in [1.54, 1.807) is 0 Å². The Bertz CT molecular complexity index is 501. The minimum absolute atomic E-state index is 0.345. The zero-order valence-corrected chi connectivity index (χ0v) is 9.45. The van der Waals surface area contributed by atoms with Gasteiger partial charge in [0.2, 0.25) is 0 Å². The second kappa shape index (κ2) is 4.50. The lowest BCUT2D eigenvalue weighted by atomic mass is 10.2. The van der Waals surface area contributed by atoms with Crippen molar-refractivity contribution in [2.75, 3.05) is 0 Å². The van der Waals surface area contributed by atoms with Crippen molar-refractivity contribution < 1.29 is 26.3 Å². The van der Waals surface area contributed by atoms with Crippen LogP contribution in [-0.4, -0.2) is 15.0 Å². The van der Waals surface area contributed by atoms with E-state index in [0.29, 0.717) is 0 Å². The molecule has 0 spiro atoms. The van der Waals surface area contributed by atoms with Gasteiger partial charge in [-0.05, 0) is 19.1 Å². The standard InChI is InChI=1S/C8H6ClF3O3S/c1-4-5(10)2-3-6(16(9,13)14)7(4)15-8(11)12/h2-3,8H,1H3. The summed E-state index contributed by atoms with van der Waals surface area (Å²) in [6.45, 7) is -2.16. The molecule has 3 nitrogen and oxygen atoms in total. The van der Waals surface area contributed by atoms with E-state index in [4.69, 9.17) is 10.7 Å². The molecular formula is C8H6ClF3O3S. The highest BCUT2D eigenvalue weighted by Gasteiger charge is 2.23. The molecule has 0 radical (unpaired) electrons. The van der Waals surface area contributed by atoms with Gasteiger partial charge in [0, 0.05) is 16.2 Å². The van der Waals surface area contributed by atoms with E-state index in [9.17, 15) is 21.6 Å². The van der Waals surface area contributed by atoms with Gasteiger partial charge >= 0.3 is 6.61 Å². The molecule has 0 atom stereocenters. The third-order valence-electron chi connectivity index (χ3n) is 1.77. The highest BCUT2D eigenvalue weighted by atomic mass is 35.7. The molecule has 0 aliphatic carbocycles. The predicted octanol–water partition coefficient (Wildman–Crippen LogP) is 2.66. The monoisotopic (exact) mass is 274 g/mol. The third-order valence-corrected chi connectivity index (χ3v) is 3.12. The molecule has 90 valence electrons. The van der Waals surface area contributed by atoms with Gasteiger partial charge < -0.3 is 4.74 Å². The Hall–Kier alpha value is -0.950. The molecule has 0 N–H and O–H groups in total. The van der Waals surface area contributed by atoms with Gasteiger partial charge in [0.15, 0.2) is 5.75 Å². The van der Waals surface area contributed by atoms with Crippen molar-refractivity contribution in [3.05, 3.63) is 23.5 Å². The molecule has 0 fully saturated rings. The maximum atomic E-state index is 13.0. The summed E-state index contributed by atoms with van der Waals surface area (Å²) in [6.07, 6.45) is 0. The fraction of sp³-hybridized carbons (Fsp3) is 0.250. The Balaban J connectivity index is 3.45. The lowest BCUT2D eigenvalue weighted by molar-refractivity contribution is -0.0523. The summed E-state index contributed by atoms with van der Waals surface area (Å²) in [5.41, 5.74) is -0.345. The molecule has 0 amide bonds. The molecule has 16 heavy (non-hydrogen) atoms. The first-order valence-corrected chi connectivity index (χ1v) is 6.23. The molecule has 1 aromatic rings. The average Bonchev–Trinajstić information content (AvgIpc) is 2.10. The van der Waals surface area contributed by atoms with Gasteiger partial charge in [0.05, 0.1) is 0 Å². The molecule has 0 aromatic heterocycles. The van der Waals surface area contributed by atoms with E-state index in [1.807, 2.05) is 0 Å². The Morgan fingerprint density at radius 2 is 1.94 bits per heavy atom. The highest BCUT2D eigenvalue weighted by molar-refractivity contribution is 8.13. The van der Waals surface area contributed by atoms with Crippen molar-refractivity contribution in [3.8, 4) is 5.75 Å².